The van der Waals surface area contributed by atoms with Crippen molar-refractivity contribution in [3.8, 4) is 0 Å². The molecule has 1 N–H and O–H groups in total. The second-order valence-corrected chi connectivity index (χ2v) is 7.57. The van der Waals surface area contributed by atoms with Crippen LogP contribution in [0.25, 0.3) is 0 Å². The molecule has 3 heterocycles. The number of aryl methyl sites for hydroxylation is 1. The fourth-order valence-corrected chi connectivity index (χ4v) is 4.23. The van der Waals surface area contributed by atoms with Crippen molar-refractivity contribution in [3.63, 3.8) is 0 Å². The summed E-state index contributed by atoms with van der Waals surface area (Å²) in [5, 5.41) is 14.1. The maximum absolute atomic E-state index is 12.9. The Morgan fingerprint density at radius 3 is 2.60 bits per heavy atom. The lowest BCUT2D eigenvalue weighted by atomic mass is 9.96. The fourth-order valence-electron chi connectivity index (χ4n) is 4.23. The topological polar surface area (TPSA) is 61.6 Å². The lowest BCUT2D eigenvalue weighted by molar-refractivity contribution is 0.0766. The number of aromatic nitrogens is 2. The number of amides is 1. The number of likely N-dealkylation sites (tertiary alicyclic amines) is 2. The van der Waals surface area contributed by atoms with Gasteiger partial charge in [0, 0.05) is 44.9 Å². The van der Waals surface area contributed by atoms with E-state index in [1.807, 2.05) is 11.0 Å². The number of aliphatic hydroxyl groups excluding tert-OH is 1. The van der Waals surface area contributed by atoms with Crippen molar-refractivity contribution in [3.05, 3.63) is 18.0 Å². The van der Waals surface area contributed by atoms with Crippen molar-refractivity contribution in [1.82, 2.24) is 19.6 Å². The molecule has 0 aromatic carbocycles. The minimum Gasteiger partial charge on any atom is -0.396 e. The van der Waals surface area contributed by atoms with Crippen LogP contribution in [0.1, 0.15) is 49.5 Å². The third-order valence-electron chi connectivity index (χ3n) is 5.66. The van der Waals surface area contributed by atoms with Crippen LogP contribution in [0.3, 0.4) is 0 Å². The van der Waals surface area contributed by atoms with Gasteiger partial charge in [-0.15, -0.1) is 0 Å². The summed E-state index contributed by atoms with van der Waals surface area (Å²) >= 11 is 0. The zero-order chi connectivity index (χ0) is 17.6. The van der Waals surface area contributed by atoms with Gasteiger partial charge in [0.25, 0.3) is 5.91 Å². The molecule has 2 aliphatic rings. The molecular formula is C19H32N4O2. The van der Waals surface area contributed by atoms with E-state index in [0.717, 1.165) is 39.1 Å². The maximum atomic E-state index is 12.9. The molecule has 2 fully saturated rings. The molecular weight excluding hydrogens is 316 g/mol. The quantitative estimate of drug-likeness (QED) is 0.852. The van der Waals surface area contributed by atoms with Crippen molar-refractivity contribution in [2.45, 2.75) is 45.6 Å². The summed E-state index contributed by atoms with van der Waals surface area (Å²) in [7, 11) is 0. The van der Waals surface area contributed by atoms with Crippen LogP contribution in [0.5, 0.6) is 0 Å². The van der Waals surface area contributed by atoms with Gasteiger partial charge in [0.2, 0.25) is 0 Å². The van der Waals surface area contributed by atoms with E-state index < -0.39 is 0 Å². The summed E-state index contributed by atoms with van der Waals surface area (Å²) in [6, 6.07) is 1.81. The van der Waals surface area contributed by atoms with E-state index in [2.05, 4.69) is 16.9 Å². The van der Waals surface area contributed by atoms with Crippen LogP contribution < -0.4 is 0 Å². The summed E-state index contributed by atoms with van der Waals surface area (Å²) in [6.45, 7) is 7.74. The number of rotatable bonds is 6. The molecule has 2 aliphatic heterocycles. The van der Waals surface area contributed by atoms with Gasteiger partial charge in [-0.2, -0.15) is 5.10 Å². The van der Waals surface area contributed by atoms with Crippen molar-refractivity contribution < 1.29 is 9.90 Å². The second kappa shape index (κ2) is 8.81. The Morgan fingerprint density at radius 1 is 1.20 bits per heavy atom. The van der Waals surface area contributed by atoms with Crippen LogP contribution in [0.15, 0.2) is 12.3 Å². The van der Waals surface area contributed by atoms with Gasteiger partial charge in [-0.1, -0.05) is 19.8 Å². The van der Waals surface area contributed by atoms with E-state index in [1.54, 1.807) is 10.9 Å². The van der Waals surface area contributed by atoms with Gasteiger partial charge in [0.05, 0.1) is 0 Å². The molecule has 1 aromatic heterocycles. The Hall–Kier alpha value is -1.40. The third-order valence-corrected chi connectivity index (χ3v) is 5.66. The highest BCUT2D eigenvalue weighted by molar-refractivity contribution is 5.92. The summed E-state index contributed by atoms with van der Waals surface area (Å²) < 4.78 is 1.80. The average Bonchev–Trinajstić information content (AvgIpc) is 3.15. The van der Waals surface area contributed by atoms with E-state index in [4.69, 9.17) is 0 Å². The predicted octanol–water partition coefficient (Wildman–Crippen LogP) is 1.85. The van der Waals surface area contributed by atoms with Crippen molar-refractivity contribution in [2.24, 2.45) is 11.8 Å². The SMILES string of the molecule is CCCn1nccc1C(=O)N1C[C@@H](CN2CCCCCC2)[C@@H](CO)C1. The van der Waals surface area contributed by atoms with Crippen molar-refractivity contribution in [2.75, 3.05) is 39.3 Å². The highest BCUT2D eigenvalue weighted by atomic mass is 16.3. The van der Waals surface area contributed by atoms with Gasteiger partial charge in [0.15, 0.2) is 0 Å². The van der Waals surface area contributed by atoms with E-state index in [1.165, 1.54) is 25.7 Å². The van der Waals surface area contributed by atoms with Gasteiger partial charge in [-0.3, -0.25) is 9.48 Å². The van der Waals surface area contributed by atoms with Gasteiger partial charge in [0.1, 0.15) is 5.69 Å². The first kappa shape index (κ1) is 18.4. The van der Waals surface area contributed by atoms with Gasteiger partial charge in [-0.25, -0.2) is 0 Å². The molecule has 2 saturated heterocycles. The Kier molecular flexibility index (Phi) is 6.48. The Labute approximate surface area is 150 Å². The van der Waals surface area contributed by atoms with E-state index in [0.29, 0.717) is 18.2 Å². The monoisotopic (exact) mass is 348 g/mol. The standard InChI is InChI=1S/C19H32N4O2/c1-2-9-23-18(7-8-20-23)19(25)22-13-16(17(14-22)15-24)12-21-10-5-3-4-6-11-21/h7-8,16-17,24H,2-6,9-15H2,1H3/t16-,17-/m1/s1. The van der Waals surface area contributed by atoms with Crippen LogP contribution in [-0.2, 0) is 6.54 Å². The Morgan fingerprint density at radius 2 is 1.92 bits per heavy atom. The van der Waals surface area contributed by atoms with Crippen LogP contribution in [-0.4, -0.2) is 69.9 Å². The number of hydrogen-bond acceptors (Lipinski definition) is 4. The van der Waals surface area contributed by atoms with Crippen LogP contribution in [0.2, 0.25) is 0 Å². The molecule has 2 atom stereocenters. The van der Waals surface area contributed by atoms with Crippen molar-refractivity contribution >= 4 is 5.91 Å². The molecule has 6 nitrogen and oxygen atoms in total. The van der Waals surface area contributed by atoms with Gasteiger partial charge >= 0.3 is 0 Å². The minimum absolute atomic E-state index is 0.0581. The molecule has 6 heteroatoms. The average molecular weight is 348 g/mol. The molecule has 0 spiro atoms. The van der Waals surface area contributed by atoms with E-state index in [-0.39, 0.29) is 18.4 Å². The minimum atomic E-state index is 0.0581. The molecule has 1 aromatic rings. The predicted molar refractivity (Wildman–Crippen MR) is 97.4 cm³/mol. The van der Waals surface area contributed by atoms with Crippen LogP contribution >= 0.6 is 0 Å². The third kappa shape index (κ3) is 4.42. The van der Waals surface area contributed by atoms with Crippen LogP contribution in [0, 0.1) is 11.8 Å². The lowest BCUT2D eigenvalue weighted by Gasteiger charge is -2.26. The zero-order valence-corrected chi connectivity index (χ0v) is 15.4. The Balaban J connectivity index is 1.63. The second-order valence-electron chi connectivity index (χ2n) is 7.57. The maximum Gasteiger partial charge on any atom is 0.272 e. The summed E-state index contributed by atoms with van der Waals surface area (Å²) in [4.78, 5) is 17.4. The summed E-state index contributed by atoms with van der Waals surface area (Å²) in [5.74, 6) is 0.618. The molecule has 25 heavy (non-hydrogen) atoms. The molecule has 1 amide bonds. The van der Waals surface area contributed by atoms with Crippen molar-refractivity contribution in [1.29, 1.82) is 0 Å². The highest BCUT2D eigenvalue weighted by Gasteiger charge is 2.36. The normalized spacial score (nSPS) is 25.3. The first-order valence-corrected chi connectivity index (χ1v) is 9.87. The Bertz CT molecular complexity index is 551. The molecule has 140 valence electrons. The lowest BCUT2D eigenvalue weighted by Crippen LogP contribution is -2.35. The molecule has 0 radical (unpaired) electrons. The van der Waals surface area contributed by atoms with E-state index >= 15 is 0 Å². The highest BCUT2D eigenvalue weighted by Crippen LogP contribution is 2.26. The summed E-state index contributed by atoms with van der Waals surface area (Å²) in [6.07, 6.45) is 7.87. The molecule has 0 unspecified atom stereocenters. The zero-order valence-electron chi connectivity index (χ0n) is 15.4. The molecule has 0 bridgehead atoms. The van der Waals surface area contributed by atoms with Gasteiger partial charge < -0.3 is 14.9 Å². The number of hydrogen-bond donors (Lipinski definition) is 1. The summed E-state index contributed by atoms with van der Waals surface area (Å²) in [5.41, 5.74) is 0.675. The number of carbonyl (C=O) groups excluding carboxylic acids is 1. The largest absolute Gasteiger partial charge is 0.396 e. The van der Waals surface area contributed by atoms with Gasteiger partial charge in [-0.05, 0) is 44.3 Å². The van der Waals surface area contributed by atoms with E-state index in [9.17, 15) is 9.90 Å². The molecule has 3 rings (SSSR count). The molecule has 0 aliphatic carbocycles. The smallest absolute Gasteiger partial charge is 0.272 e. The first-order chi connectivity index (χ1) is 12.2. The van der Waals surface area contributed by atoms with Crippen LogP contribution in [0.4, 0.5) is 0 Å². The number of carbonyl (C=O) groups is 1. The number of aliphatic hydroxyl groups is 1. The number of nitrogens with zero attached hydrogens (tertiary/aromatic N) is 4. The first-order valence-electron chi connectivity index (χ1n) is 9.87. The fraction of sp³-hybridized carbons (Fsp3) is 0.789. The molecule has 0 saturated carbocycles.